The highest BCUT2D eigenvalue weighted by Crippen LogP contribution is 2.34. The third kappa shape index (κ3) is 2.89. The number of ether oxygens (including phenoxy) is 2. The summed E-state index contributed by atoms with van der Waals surface area (Å²) in [7, 11) is 1.67. The lowest BCUT2D eigenvalue weighted by Gasteiger charge is -2.29. The number of benzene rings is 1. The van der Waals surface area contributed by atoms with Gasteiger partial charge in [-0.15, -0.1) is 0 Å². The van der Waals surface area contributed by atoms with E-state index in [1.165, 1.54) is 0 Å². The minimum Gasteiger partial charge on any atom is -0.496 e. The van der Waals surface area contributed by atoms with Gasteiger partial charge in [-0.05, 0) is 23.6 Å². The number of carbonyl (C=O) groups excluding carboxylic acids is 1. The van der Waals surface area contributed by atoms with Crippen molar-refractivity contribution in [1.29, 1.82) is 0 Å². The van der Waals surface area contributed by atoms with Gasteiger partial charge in [0.25, 0.3) is 5.91 Å². The van der Waals surface area contributed by atoms with Crippen molar-refractivity contribution in [1.82, 2.24) is 0 Å². The molecule has 1 aromatic carbocycles. The first kappa shape index (κ1) is 13.9. The molecule has 1 aliphatic heterocycles. The summed E-state index contributed by atoms with van der Waals surface area (Å²) >= 11 is 0. The molecule has 4 nitrogen and oxygen atoms in total. The van der Waals surface area contributed by atoms with Gasteiger partial charge in [0.1, 0.15) is 12.4 Å². The number of hydrogen-bond acceptors (Lipinski definition) is 3. The van der Waals surface area contributed by atoms with E-state index >= 15 is 0 Å². The lowest BCUT2D eigenvalue weighted by Crippen LogP contribution is -2.41. The Morgan fingerprint density at radius 2 is 2.05 bits per heavy atom. The predicted octanol–water partition coefficient (Wildman–Crippen LogP) is 2.36. The fourth-order valence-electron chi connectivity index (χ4n) is 2.24. The Morgan fingerprint density at radius 1 is 1.32 bits per heavy atom. The molecule has 1 aromatic rings. The Bertz CT molecular complexity index is 477. The van der Waals surface area contributed by atoms with E-state index < -0.39 is 0 Å². The van der Waals surface area contributed by atoms with Crippen molar-refractivity contribution in [2.24, 2.45) is 0 Å². The van der Waals surface area contributed by atoms with Crippen molar-refractivity contribution in [2.75, 3.05) is 31.8 Å². The minimum absolute atomic E-state index is 0.0104. The van der Waals surface area contributed by atoms with Crippen LogP contribution in [0.1, 0.15) is 26.3 Å². The maximum absolute atomic E-state index is 11.9. The second-order valence-corrected chi connectivity index (χ2v) is 5.73. The summed E-state index contributed by atoms with van der Waals surface area (Å²) in [4.78, 5) is 13.7. The van der Waals surface area contributed by atoms with Crippen LogP contribution in [0, 0.1) is 0 Å². The number of morpholine rings is 1. The van der Waals surface area contributed by atoms with E-state index in [1.54, 1.807) is 12.0 Å². The smallest absolute Gasteiger partial charge is 0.253 e. The van der Waals surface area contributed by atoms with Crippen molar-refractivity contribution in [3.8, 4) is 5.75 Å². The van der Waals surface area contributed by atoms with Crippen LogP contribution >= 0.6 is 0 Å². The fourth-order valence-corrected chi connectivity index (χ4v) is 2.24. The molecule has 0 spiro atoms. The van der Waals surface area contributed by atoms with Crippen molar-refractivity contribution in [3.05, 3.63) is 23.8 Å². The van der Waals surface area contributed by atoms with Gasteiger partial charge in [-0.3, -0.25) is 4.79 Å². The first-order valence-corrected chi connectivity index (χ1v) is 6.50. The van der Waals surface area contributed by atoms with Gasteiger partial charge < -0.3 is 14.4 Å². The van der Waals surface area contributed by atoms with Crippen LogP contribution in [0.25, 0.3) is 0 Å². The number of nitrogens with zero attached hydrogens (tertiary/aromatic N) is 1. The van der Waals surface area contributed by atoms with Crippen LogP contribution in [0.4, 0.5) is 5.69 Å². The standard InChI is InChI=1S/C15H21NO3/c1-15(2,3)12-9-11(5-6-13(12)18-4)16-7-8-19-10-14(16)17/h5-6,9H,7-8,10H2,1-4H3. The molecule has 0 saturated carbocycles. The normalized spacial score (nSPS) is 16.6. The lowest BCUT2D eigenvalue weighted by atomic mass is 9.86. The first-order chi connectivity index (χ1) is 8.93. The predicted molar refractivity (Wildman–Crippen MR) is 74.9 cm³/mol. The van der Waals surface area contributed by atoms with E-state index in [0.29, 0.717) is 13.2 Å². The van der Waals surface area contributed by atoms with Crippen molar-refractivity contribution >= 4 is 11.6 Å². The van der Waals surface area contributed by atoms with Crippen molar-refractivity contribution < 1.29 is 14.3 Å². The molecule has 0 aliphatic carbocycles. The number of carbonyl (C=O) groups is 1. The van der Waals surface area contributed by atoms with Crippen LogP contribution in [-0.4, -0.2) is 32.8 Å². The largest absolute Gasteiger partial charge is 0.496 e. The van der Waals surface area contributed by atoms with Crippen LogP contribution in [-0.2, 0) is 14.9 Å². The second-order valence-electron chi connectivity index (χ2n) is 5.73. The molecule has 1 fully saturated rings. The first-order valence-electron chi connectivity index (χ1n) is 6.50. The van der Waals surface area contributed by atoms with Gasteiger partial charge in [0.15, 0.2) is 0 Å². The average Bonchev–Trinajstić information content (AvgIpc) is 2.37. The Labute approximate surface area is 114 Å². The summed E-state index contributed by atoms with van der Waals surface area (Å²) in [6, 6.07) is 5.90. The van der Waals surface area contributed by atoms with Crippen LogP contribution in [0.2, 0.25) is 0 Å². The minimum atomic E-state index is -0.0311. The molecule has 0 bridgehead atoms. The number of methoxy groups -OCH3 is 1. The van der Waals surface area contributed by atoms with Crippen LogP contribution in [0.3, 0.4) is 0 Å². The van der Waals surface area contributed by atoms with Crippen LogP contribution in [0.15, 0.2) is 18.2 Å². The van der Waals surface area contributed by atoms with E-state index in [0.717, 1.165) is 17.0 Å². The molecule has 19 heavy (non-hydrogen) atoms. The number of anilines is 1. The molecular weight excluding hydrogens is 242 g/mol. The third-order valence-corrected chi connectivity index (χ3v) is 3.29. The third-order valence-electron chi connectivity index (χ3n) is 3.29. The van der Waals surface area contributed by atoms with Gasteiger partial charge in [-0.1, -0.05) is 20.8 Å². The van der Waals surface area contributed by atoms with Gasteiger partial charge in [0, 0.05) is 17.8 Å². The Morgan fingerprint density at radius 3 is 2.63 bits per heavy atom. The number of amides is 1. The van der Waals surface area contributed by atoms with E-state index in [9.17, 15) is 4.79 Å². The second kappa shape index (κ2) is 5.21. The topological polar surface area (TPSA) is 38.8 Å². The molecule has 1 aliphatic rings. The summed E-state index contributed by atoms with van der Waals surface area (Å²) < 4.78 is 10.6. The van der Waals surface area contributed by atoms with E-state index in [1.807, 2.05) is 18.2 Å². The molecule has 0 aromatic heterocycles. The number of hydrogen-bond donors (Lipinski definition) is 0. The number of rotatable bonds is 2. The van der Waals surface area contributed by atoms with Gasteiger partial charge >= 0.3 is 0 Å². The van der Waals surface area contributed by atoms with Gasteiger partial charge in [-0.2, -0.15) is 0 Å². The quantitative estimate of drug-likeness (QED) is 0.822. The Balaban J connectivity index is 2.40. The van der Waals surface area contributed by atoms with Gasteiger partial charge in [0.05, 0.1) is 13.7 Å². The highest BCUT2D eigenvalue weighted by Gasteiger charge is 2.24. The van der Waals surface area contributed by atoms with E-state index in [4.69, 9.17) is 9.47 Å². The van der Waals surface area contributed by atoms with Crippen LogP contribution in [0.5, 0.6) is 5.75 Å². The molecule has 104 valence electrons. The van der Waals surface area contributed by atoms with E-state index in [2.05, 4.69) is 20.8 Å². The summed E-state index contributed by atoms with van der Waals surface area (Å²) in [5, 5.41) is 0. The highest BCUT2D eigenvalue weighted by atomic mass is 16.5. The van der Waals surface area contributed by atoms with E-state index in [-0.39, 0.29) is 17.9 Å². The zero-order chi connectivity index (χ0) is 14.0. The molecule has 1 amide bonds. The Hall–Kier alpha value is -1.55. The summed E-state index contributed by atoms with van der Waals surface area (Å²) in [6.07, 6.45) is 0. The fraction of sp³-hybridized carbons (Fsp3) is 0.533. The molecule has 0 atom stereocenters. The van der Waals surface area contributed by atoms with Crippen molar-refractivity contribution in [2.45, 2.75) is 26.2 Å². The molecule has 0 N–H and O–H groups in total. The molecule has 1 heterocycles. The molecular formula is C15H21NO3. The zero-order valence-electron chi connectivity index (χ0n) is 12.0. The maximum Gasteiger partial charge on any atom is 0.253 e. The molecule has 4 heteroatoms. The Kier molecular flexibility index (Phi) is 3.80. The molecule has 0 radical (unpaired) electrons. The van der Waals surface area contributed by atoms with Gasteiger partial charge in [-0.25, -0.2) is 0 Å². The SMILES string of the molecule is COc1ccc(N2CCOCC2=O)cc1C(C)(C)C. The van der Waals surface area contributed by atoms with Crippen LogP contribution < -0.4 is 9.64 Å². The lowest BCUT2D eigenvalue weighted by molar-refractivity contribution is -0.125. The zero-order valence-corrected chi connectivity index (χ0v) is 12.0. The summed E-state index contributed by atoms with van der Waals surface area (Å²) in [5.41, 5.74) is 1.99. The summed E-state index contributed by atoms with van der Waals surface area (Å²) in [6.45, 7) is 7.76. The van der Waals surface area contributed by atoms with Gasteiger partial charge in [0.2, 0.25) is 0 Å². The van der Waals surface area contributed by atoms with Crippen molar-refractivity contribution in [3.63, 3.8) is 0 Å². The molecule has 2 rings (SSSR count). The average molecular weight is 263 g/mol. The molecule has 0 unspecified atom stereocenters. The maximum atomic E-state index is 11.9. The summed E-state index contributed by atoms with van der Waals surface area (Å²) in [5.74, 6) is 0.869. The molecule has 1 saturated heterocycles. The highest BCUT2D eigenvalue weighted by molar-refractivity contribution is 5.95. The monoisotopic (exact) mass is 263 g/mol.